The smallest absolute Gasteiger partial charge is 0.357 e. The second-order valence-electron chi connectivity index (χ2n) is 2.02. The third-order valence-electron chi connectivity index (χ3n) is 1.20. The predicted octanol–water partition coefficient (Wildman–Crippen LogP) is 0.731. The predicted molar refractivity (Wildman–Crippen MR) is 36.5 cm³/mol. The molecule has 0 unspecified atom stereocenters. The van der Waals surface area contributed by atoms with Crippen molar-refractivity contribution < 1.29 is 19.1 Å². The Morgan fingerprint density at radius 3 is 2.75 bits per heavy atom. The fourth-order valence-corrected chi connectivity index (χ4v) is 0.675. The van der Waals surface area contributed by atoms with Crippen LogP contribution in [0.3, 0.4) is 0 Å². The molecule has 0 saturated heterocycles. The van der Waals surface area contributed by atoms with Crippen LogP contribution in [0.4, 0.5) is 4.39 Å². The minimum Gasteiger partial charge on any atom is -0.476 e. The van der Waals surface area contributed by atoms with Crippen LogP contribution < -0.4 is 0 Å². The van der Waals surface area contributed by atoms with Gasteiger partial charge >= 0.3 is 5.97 Å². The molecule has 62 valence electrons. The Labute approximate surface area is 66.7 Å². The number of carbonyl (C=O) groups excluding carboxylic acids is 1. The summed E-state index contributed by atoms with van der Waals surface area (Å²) in [6, 6.07) is 0.823. The highest BCUT2D eigenvalue weighted by Crippen LogP contribution is 2.04. The van der Waals surface area contributed by atoms with Crippen molar-refractivity contribution in [3.05, 3.63) is 29.3 Å². The summed E-state index contributed by atoms with van der Waals surface area (Å²) in [6.45, 7) is 0. The van der Waals surface area contributed by atoms with Crippen LogP contribution in [-0.2, 0) is 0 Å². The van der Waals surface area contributed by atoms with Crippen molar-refractivity contribution in [3.8, 4) is 0 Å². The zero-order chi connectivity index (χ0) is 9.14. The molecule has 0 aliphatic carbocycles. The number of hydrogen-bond donors (Lipinski definition) is 1. The normalized spacial score (nSPS) is 9.42. The van der Waals surface area contributed by atoms with E-state index in [1.165, 1.54) is 0 Å². The van der Waals surface area contributed by atoms with Crippen LogP contribution in [0.5, 0.6) is 0 Å². The molecule has 12 heavy (non-hydrogen) atoms. The molecule has 1 heterocycles. The van der Waals surface area contributed by atoms with E-state index >= 15 is 0 Å². The molecular formula is C7H4FNO3. The number of aromatic nitrogens is 1. The highest BCUT2D eigenvalue weighted by molar-refractivity contribution is 5.86. The lowest BCUT2D eigenvalue weighted by molar-refractivity contribution is 0.0684. The van der Waals surface area contributed by atoms with Gasteiger partial charge in [-0.25, -0.2) is 14.2 Å². The number of carbonyl (C=O) groups is 2. The van der Waals surface area contributed by atoms with Gasteiger partial charge in [0.05, 0.1) is 0 Å². The molecular weight excluding hydrogens is 165 g/mol. The highest BCUT2D eigenvalue weighted by Gasteiger charge is 2.11. The van der Waals surface area contributed by atoms with Crippen molar-refractivity contribution in [2.75, 3.05) is 0 Å². The van der Waals surface area contributed by atoms with Crippen molar-refractivity contribution in [2.24, 2.45) is 0 Å². The van der Waals surface area contributed by atoms with Crippen molar-refractivity contribution >= 4 is 12.3 Å². The van der Waals surface area contributed by atoms with Gasteiger partial charge in [0.1, 0.15) is 0 Å². The second-order valence-corrected chi connectivity index (χ2v) is 2.02. The highest BCUT2D eigenvalue weighted by atomic mass is 19.1. The summed E-state index contributed by atoms with van der Waals surface area (Å²) in [5, 5.41) is 8.34. The van der Waals surface area contributed by atoms with Gasteiger partial charge in [0.25, 0.3) is 0 Å². The summed E-state index contributed by atoms with van der Waals surface area (Å²) in [4.78, 5) is 23.6. The Balaban J connectivity index is 3.20. The van der Waals surface area contributed by atoms with Crippen LogP contribution in [0, 0.1) is 5.82 Å². The Hall–Kier alpha value is -1.78. The minimum atomic E-state index is -1.45. The maximum atomic E-state index is 12.7. The van der Waals surface area contributed by atoms with E-state index in [-0.39, 0.29) is 5.56 Å². The van der Waals surface area contributed by atoms with E-state index in [0.29, 0.717) is 6.29 Å². The largest absolute Gasteiger partial charge is 0.476 e. The Kier molecular flexibility index (Phi) is 2.14. The van der Waals surface area contributed by atoms with E-state index in [1.54, 1.807) is 0 Å². The monoisotopic (exact) mass is 169 g/mol. The summed E-state index contributed by atoms with van der Waals surface area (Å²) in [5.41, 5.74) is -0.668. The lowest BCUT2D eigenvalue weighted by atomic mass is 10.2. The first-order valence-electron chi connectivity index (χ1n) is 2.99. The molecule has 5 heteroatoms. The number of pyridine rings is 1. The van der Waals surface area contributed by atoms with Gasteiger partial charge in [-0.15, -0.1) is 0 Å². The summed E-state index contributed by atoms with van der Waals surface area (Å²) in [5.74, 6) is -2.46. The van der Waals surface area contributed by atoms with Gasteiger partial charge in [-0.05, 0) is 6.07 Å². The number of carboxylic acid groups (broad SMARTS) is 1. The third-order valence-corrected chi connectivity index (χ3v) is 1.20. The lowest BCUT2D eigenvalue weighted by Gasteiger charge is -1.95. The molecule has 0 aliphatic heterocycles. The molecule has 4 nitrogen and oxygen atoms in total. The van der Waals surface area contributed by atoms with Crippen molar-refractivity contribution in [1.82, 2.24) is 4.98 Å². The van der Waals surface area contributed by atoms with Gasteiger partial charge in [-0.3, -0.25) is 4.79 Å². The van der Waals surface area contributed by atoms with Crippen molar-refractivity contribution in [2.45, 2.75) is 0 Å². The Morgan fingerprint density at radius 1 is 1.67 bits per heavy atom. The average Bonchev–Trinajstić information content (AvgIpc) is 2.03. The fourth-order valence-electron chi connectivity index (χ4n) is 0.675. The molecule has 1 N–H and O–H groups in total. The summed E-state index contributed by atoms with van der Waals surface area (Å²) < 4.78 is 12.7. The number of nitrogens with zero attached hydrogens (tertiary/aromatic N) is 1. The van der Waals surface area contributed by atoms with Crippen LogP contribution in [0.1, 0.15) is 20.8 Å². The number of aldehydes is 1. The van der Waals surface area contributed by atoms with Crippen molar-refractivity contribution in [3.63, 3.8) is 0 Å². The number of aromatic carboxylic acids is 1. The molecule has 1 aromatic heterocycles. The topological polar surface area (TPSA) is 67.3 Å². The molecule has 0 radical (unpaired) electrons. The van der Waals surface area contributed by atoms with Crippen molar-refractivity contribution in [1.29, 1.82) is 0 Å². The van der Waals surface area contributed by atoms with Crippen LogP contribution >= 0.6 is 0 Å². The number of halogens is 1. The Morgan fingerprint density at radius 2 is 2.33 bits per heavy atom. The van der Waals surface area contributed by atoms with Gasteiger partial charge in [0.2, 0.25) is 0 Å². The molecule has 0 aliphatic rings. The maximum Gasteiger partial charge on any atom is 0.357 e. The van der Waals surface area contributed by atoms with Gasteiger partial charge in [0.15, 0.2) is 17.8 Å². The van der Waals surface area contributed by atoms with Crippen LogP contribution in [0.25, 0.3) is 0 Å². The summed E-state index contributed by atoms with van der Waals surface area (Å²) in [7, 11) is 0. The van der Waals surface area contributed by atoms with Crippen LogP contribution in [0.2, 0.25) is 0 Å². The van der Waals surface area contributed by atoms with Gasteiger partial charge in [-0.2, -0.15) is 0 Å². The van der Waals surface area contributed by atoms with E-state index < -0.39 is 17.5 Å². The van der Waals surface area contributed by atoms with Gasteiger partial charge in [-0.1, -0.05) is 0 Å². The van der Waals surface area contributed by atoms with Gasteiger partial charge in [0, 0.05) is 11.8 Å². The fraction of sp³-hybridized carbons (Fsp3) is 0. The third kappa shape index (κ3) is 1.45. The average molecular weight is 169 g/mol. The molecule has 1 rings (SSSR count). The molecule has 0 aromatic carbocycles. The molecule has 1 aromatic rings. The molecule has 0 fully saturated rings. The van der Waals surface area contributed by atoms with E-state index in [0.717, 1.165) is 12.3 Å². The number of rotatable bonds is 2. The first-order valence-corrected chi connectivity index (χ1v) is 2.99. The molecule has 0 saturated carbocycles. The second kappa shape index (κ2) is 3.08. The molecule has 0 amide bonds. The van der Waals surface area contributed by atoms with Crippen LogP contribution in [-0.4, -0.2) is 22.3 Å². The van der Waals surface area contributed by atoms with E-state index in [4.69, 9.17) is 5.11 Å². The van der Waals surface area contributed by atoms with E-state index in [9.17, 15) is 14.0 Å². The number of hydrogen-bond acceptors (Lipinski definition) is 3. The summed E-state index contributed by atoms with van der Waals surface area (Å²) in [6.07, 6.45) is 1.39. The zero-order valence-corrected chi connectivity index (χ0v) is 5.82. The zero-order valence-electron chi connectivity index (χ0n) is 5.82. The first kappa shape index (κ1) is 8.32. The van der Waals surface area contributed by atoms with Gasteiger partial charge < -0.3 is 5.11 Å². The minimum absolute atomic E-state index is 0.0116. The SMILES string of the molecule is O=Cc1cnc(C(=O)O)c(F)c1. The molecule has 0 bridgehead atoms. The summed E-state index contributed by atoms with van der Waals surface area (Å²) >= 11 is 0. The standard InChI is InChI=1S/C7H4FNO3/c8-5-1-4(3-10)2-9-6(5)7(11)12/h1-3H,(H,11,12). The first-order chi connectivity index (χ1) is 5.65. The quantitative estimate of drug-likeness (QED) is 0.662. The Bertz CT molecular complexity index is 337. The molecule has 0 spiro atoms. The molecule has 0 atom stereocenters. The van der Waals surface area contributed by atoms with E-state index in [1.807, 2.05) is 0 Å². The maximum absolute atomic E-state index is 12.7. The lowest BCUT2D eigenvalue weighted by Crippen LogP contribution is -2.04. The van der Waals surface area contributed by atoms with Crippen LogP contribution in [0.15, 0.2) is 12.3 Å². The number of carboxylic acids is 1. The van der Waals surface area contributed by atoms with E-state index in [2.05, 4.69) is 4.98 Å².